The molecule has 0 unspecified atom stereocenters. The molecule has 0 saturated heterocycles. The SMILES string of the molecule is CSc1sc(C(=N)N)cc1-c1nc(C(C)(C)C)cs1. The number of aromatic nitrogens is 1. The van der Waals surface area contributed by atoms with Gasteiger partial charge in [-0.2, -0.15) is 0 Å². The molecule has 3 N–H and O–H groups in total. The third kappa shape index (κ3) is 3.01. The van der Waals surface area contributed by atoms with Crippen LogP contribution in [0.15, 0.2) is 15.7 Å². The summed E-state index contributed by atoms with van der Waals surface area (Å²) in [6.07, 6.45) is 2.04. The average Bonchev–Trinajstić information content (AvgIpc) is 2.94. The van der Waals surface area contributed by atoms with Gasteiger partial charge in [0.25, 0.3) is 0 Å². The Labute approximate surface area is 125 Å². The van der Waals surface area contributed by atoms with E-state index in [0.29, 0.717) is 0 Å². The van der Waals surface area contributed by atoms with Crippen LogP contribution in [0.3, 0.4) is 0 Å². The highest BCUT2D eigenvalue weighted by Crippen LogP contribution is 2.40. The molecule has 2 aromatic heterocycles. The highest BCUT2D eigenvalue weighted by Gasteiger charge is 2.20. The van der Waals surface area contributed by atoms with Gasteiger partial charge in [-0.25, -0.2) is 4.98 Å². The van der Waals surface area contributed by atoms with Crippen molar-refractivity contribution in [2.45, 2.75) is 30.4 Å². The largest absolute Gasteiger partial charge is 0.383 e. The first-order valence-corrected chi connectivity index (χ1v) is 8.73. The van der Waals surface area contributed by atoms with E-state index >= 15 is 0 Å². The number of nitrogens with two attached hydrogens (primary N) is 1. The zero-order chi connectivity index (χ0) is 14.2. The second kappa shape index (κ2) is 5.26. The fourth-order valence-corrected chi connectivity index (χ4v) is 4.48. The molecule has 0 fully saturated rings. The minimum atomic E-state index is 0.0632. The molecule has 0 saturated carbocycles. The maximum atomic E-state index is 7.55. The number of thiazole rings is 1. The lowest BCUT2D eigenvalue weighted by Gasteiger charge is -2.14. The van der Waals surface area contributed by atoms with E-state index in [1.165, 1.54) is 4.21 Å². The second-order valence-corrected chi connectivity index (χ2v) is 8.20. The summed E-state index contributed by atoms with van der Waals surface area (Å²) in [4.78, 5) is 5.55. The minimum absolute atomic E-state index is 0.0632. The molecule has 0 aliphatic carbocycles. The fourth-order valence-electron chi connectivity index (χ4n) is 1.55. The summed E-state index contributed by atoms with van der Waals surface area (Å²) in [5.74, 6) is 0.124. The Morgan fingerprint density at radius 3 is 2.58 bits per heavy atom. The van der Waals surface area contributed by atoms with Crippen LogP contribution in [-0.4, -0.2) is 17.1 Å². The lowest BCUT2D eigenvalue weighted by molar-refractivity contribution is 0.573. The lowest BCUT2D eigenvalue weighted by Crippen LogP contribution is -2.11. The van der Waals surface area contributed by atoms with Gasteiger partial charge in [0.15, 0.2) is 0 Å². The minimum Gasteiger partial charge on any atom is -0.383 e. The predicted molar refractivity (Wildman–Crippen MR) is 86.9 cm³/mol. The molecule has 0 aliphatic heterocycles. The van der Waals surface area contributed by atoms with Gasteiger partial charge in [0.05, 0.1) is 14.8 Å². The van der Waals surface area contributed by atoms with Gasteiger partial charge in [0.2, 0.25) is 0 Å². The molecule has 0 aliphatic rings. The number of hydrogen-bond donors (Lipinski definition) is 2. The van der Waals surface area contributed by atoms with Gasteiger partial charge < -0.3 is 5.73 Å². The third-order valence-electron chi connectivity index (χ3n) is 2.65. The number of nitrogens with one attached hydrogen (secondary N) is 1. The fraction of sp³-hybridized carbons (Fsp3) is 0.385. The third-order valence-corrected chi connectivity index (χ3v) is 5.83. The van der Waals surface area contributed by atoms with E-state index < -0.39 is 0 Å². The standard InChI is InChI=1S/C13H17N3S3/c1-13(2,3)9-6-18-11(16-9)7-5-8(10(14)15)19-12(7)17-4/h5-6H,1-4H3,(H3,14,15). The normalized spacial score (nSPS) is 11.8. The number of nitrogen functional groups attached to an aromatic ring is 1. The van der Waals surface area contributed by atoms with Gasteiger partial charge in [-0.05, 0) is 12.3 Å². The Bertz CT molecular complexity index is 605. The molecule has 102 valence electrons. The van der Waals surface area contributed by atoms with Crippen molar-refractivity contribution >= 4 is 40.3 Å². The van der Waals surface area contributed by atoms with Crippen molar-refractivity contribution in [3.8, 4) is 10.6 Å². The summed E-state index contributed by atoms with van der Waals surface area (Å²) in [6, 6.07) is 1.98. The van der Waals surface area contributed by atoms with Crippen LogP contribution in [0.5, 0.6) is 0 Å². The van der Waals surface area contributed by atoms with Crippen LogP contribution in [-0.2, 0) is 5.41 Å². The number of hydrogen-bond acceptors (Lipinski definition) is 5. The van der Waals surface area contributed by atoms with Crippen LogP contribution in [0.2, 0.25) is 0 Å². The molecule has 19 heavy (non-hydrogen) atoms. The molecule has 0 aromatic carbocycles. The number of rotatable bonds is 3. The first-order chi connectivity index (χ1) is 8.82. The van der Waals surface area contributed by atoms with Crippen molar-refractivity contribution in [2.75, 3.05) is 6.26 Å². The zero-order valence-electron chi connectivity index (χ0n) is 11.4. The van der Waals surface area contributed by atoms with E-state index in [4.69, 9.17) is 16.1 Å². The molecular weight excluding hydrogens is 294 g/mol. The lowest BCUT2D eigenvalue weighted by atomic mass is 9.93. The highest BCUT2D eigenvalue weighted by molar-refractivity contribution is 8.00. The molecule has 2 aromatic rings. The molecule has 6 heteroatoms. The summed E-state index contributed by atoms with van der Waals surface area (Å²) in [6.45, 7) is 6.49. The van der Waals surface area contributed by atoms with E-state index in [2.05, 4.69) is 26.2 Å². The van der Waals surface area contributed by atoms with E-state index in [1.807, 2.05) is 12.3 Å². The van der Waals surface area contributed by atoms with Gasteiger partial charge >= 0.3 is 0 Å². The first kappa shape index (κ1) is 14.6. The maximum Gasteiger partial charge on any atom is 0.133 e. The Balaban J connectivity index is 2.46. The summed E-state index contributed by atoms with van der Waals surface area (Å²) >= 11 is 4.89. The number of amidine groups is 1. The number of thiophene rings is 1. The molecule has 0 radical (unpaired) electrons. The van der Waals surface area contributed by atoms with Crippen LogP contribution in [0.4, 0.5) is 0 Å². The Morgan fingerprint density at radius 1 is 1.42 bits per heavy atom. The van der Waals surface area contributed by atoms with Crippen LogP contribution in [0.1, 0.15) is 31.3 Å². The number of nitrogens with zero attached hydrogens (tertiary/aromatic N) is 1. The van der Waals surface area contributed by atoms with Crippen LogP contribution in [0.25, 0.3) is 10.6 Å². The van der Waals surface area contributed by atoms with Gasteiger partial charge in [-0.15, -0.1) is 34.4 Å². The van der Waals surface area contributed by atoms with Crippen LogP contribution >= 0.6 is 34.4 Å². The summed E-state index contributed by atoms with van der Waals surface area (Å²) in [5, 5.41) is 10.7. The van der Waals surface area contributed by atoms with E-state index in [-0.39, 0.29) is 11.3 Å². The van der Waals surface area contributed by atoms with Crippen LogP contribution < -0.4 is 5.73 Å². The maximum absolute atomic E-state index is 7.55. The molecular formula is C13H17N3S3. The monoisotopic (exact) mass is 311 g/mol. The Morgan fingerprint density at radius 2 is 2.11 bits per heavy atom. The van der Waals surface area contributed by atoms with E-state index in [1.54, 1.807) is 34.4 Å². The Hall–Kier alpha value is -0.850. The van der Waals surface area contributed by atoms with Crippen molar-refractivity contribution < 1.29 is 0 Å². The quantitative estimate of drug-likeness (QED) is 0.508. The molecule has 0 atom stereocenters. The van der Waals surface area contributed by atoms with E-state index in [9.17, 15) is 0 Å². The van der Waals surface area contributed by atoms with E-state index in [0.717, 1.165) is 21.1 Å². The summed E-state index contributed by atoms with van der Waals surface area (Å²) < 4.78 is 1.17. The average molecular weight is 312 g/mol. The van der Waals surface area contributed by atoms with Crippen molar-refractivity contribution in [1.82, 2.24) is 4.98 Å². The van der Waals surface area contributed by atoms with Gasteiger partial charge in [0.1, 0.15) is 10.8 Å². The molecule has 2 rings (SSSR count). The molecule has 2 heterocycles. The van der Waals surface area contributed by atoms with Crippen molar-refractivity contribution in [3.05, 3.63) is 22.0 Å². The summed E-state index contributed by atoms with van der Waals surface area (Å²) in [5.41, 5.74) is 7.84. The van der Waals surface area contributed by atoms with Crippen molar-refractivity contribution in [3.63, 3.8) is 0 Å². The topological polar surface area (TPSA) is 62.8 Å². The molecule has 3 nitrogen and oxygen atoms in total. The van der Waals surface area contributed by atoms with Gasteiger partial charge in [-0.3, -0.25) is 5.41 Å². The van der Waals surface area contributed by atoms with Crippen LogP contribution in [0, 0.1) is 5.41 Å². The number of thioether (sulfide) groups is 1. The molecule has 0 bridgehead atoms. The van der Waals surface area contributed by atoms with Gasteiger partial charge in [0, 0.05) is 16.4 Å². The molecule has 0 spiro atoms. The van der Waals surface area contributed by atoms with Gasteiger partial charge in [-0.1, -0.05) is 20.8 Å². The second-order valence-electron chi connectivity index (χ2n) is 5.22. The van der Waals surface area contributed by atoms with Crippen molar-refractivity contribution in [2.24, 2.45) is 5.73 Å². The first-order valence-electron chi connectivity index (χ1n) is 5.81. The predicted octanol–water partition coefficient (Wildman–Crippen LogP) is 4.18. The van der Waals surface area contributed by atoms with Crippen molar-refractivity contribution in [1.29, 1.82) is 5.41 Å². The zero-order valence-corrected chi connectivity index (χ0v) is 13.9. The molecule has 0 amide bonds. The summed E-state index contributed by atoms with van der Waals surface area (Å²) in [7, 11) is 0. The Kier molecular flexibility index (Phi) is 4.03. The highest BCUT2D eigenvalue weighted by atomic mass is 32.2. The smallest absolute Gasteiger partial charge is 0.133 e.